The molecule has 0 aliphatic heterocycles. The van der Waals surface area contributed by atoms with E-state index in [1.54, 1.807) is 12.1 Å². The number of halogens is 3. The third kappa shape index (κ3) is 5.13. The summed E-state index contributed by atoms with van der Waals surface area (Å²) >= 11 is 2.44. The molecule has 0 saturated heterocycles. The van der Waals surface area contributed by atoms with Crippen molar-refractivity contribution in [3.63, 3.8) is 0 Å². The topological polar surface area (TPSA) is 64.0 Å². The van der Waals surface area contributed by atoms with Crippen LogP contribution in [-0.4, -0.2) is 21.2 Å². The number of nitrogens with zero attached hydrogens (tertiary/aromatic N) is 2. The number of amides is 1. The Morgan fingerprint density at radius 2 is 1.80 bits per heavy atom. The van der Waals surface area contributed by atoms with Crippen molar-refractivity contribution in [3.05, 3.63) is 80.5 Å². The first-order valence-electron chi connectivity index (χ1n) is 10.8. The zero-order valence-corrected chi connectivity index (χ0v) is 20.8. The van der Waals surface area contributed by atoms with E-state index in [0.29, 0.717) is 21.1 Å². The molecule has 35 heavy (non-hydrogen) atoms. The molecular weight excluding hydrogens is 495 g/mol. The standard InChI is InChI=1S/C25H22F3N3O2S2/c1-4-19-15(3)21-22(35-19)30-24(31(23(21)33)16-11-9-14(2)10-12-16)34-13-20(32)29-18-8-6-5-7-17(18)25(26,27)28/h5-12H,4,13H2,1-3H3,(H,29,32). The highest BCUT2D eigenvalue weighted by Crippen LogP contribution is 2.35. The highest BCUT2D eigenvalue weighted by atomic mass is 32.2. The highest BCUT2D eigenvalue weighted by Gasteiger charge is 2.33. The summed E-state index contributed by atoms with van der Waals surface area (Å²) in [5.74, 6) is -0.853. The molecule has 10 heteroatoms. The first kappa shape index (κ1) is 25.0. The molecule has 1 N–H and O–H groups in total. The van der Waals surface area contributed by atoms with Gasteiger partial charge in [0, 0.05) is 4.88 Å². The van der Waals surface area contributed by atoms with Gasteiger partial charge in [0.1, 0.15) is 4.83 Å². The van der Waals surface area contributed by atoms with Crippen molar-refractivity contribution in [3.8, 4) is 5.69 Å². The summed E-state index contributed by atoms with van der Waals surface area (Å²) in [6, 6.07) is 12.2. The summed E-state index contributed by atoms with van der Waals surface area (Å²) in [5.41, 5.74) is 1.04. The highest BCUT2D eigenvalue weighted by molar-refractivity contribution is 7.99. The van der Waals surface area contributed by atoms with Crippen molar-refractivity contribution in [2.24, 2.45) is 0 Å². The van der Waals surface area contributed by atoms with Gasteiger partial charge in [-0.05, 0) is 50.1 Å². The molecule has 0 radical (unpaired) electrons. The average molecular weight is 518 g/mol. The minimum atomic E-state index is -4.59. The number of thioether (sulfide) groups is 1. The van der Waals surface area contributed by atoms with Crippen molar-refractivity contribution in [1.29, 1.82) is 0 Å². The first-order valence-corrected chi connectivity index (χ1v) is 12.6. The molecule has 4 rings (SSSR count). The number of nitrogens with one attached hydrogen (secondary N) is 1. The molecular formula is C25H22F3N3O2S2. The number of alkyl halides is 3. The van der Waals surface area contributed by atoms with Crippen LogP contribution in [0.1, 0.15) is 28.5 Å². The summed E-state index contributed by atoms with van der Waals surface area (Å²) in [5, 5.41) is 3.18. The van der Waals surface area contributed by atoms with Gasteiger partial charge in [-0.3, -0.25) is 14.2 Å². The van der Waals surface area contributed by atoms with Gasteiger partial charge in [-0.15, -0.1) is 11.3 Å². The number of fused-ring (bicyclic) bond motifs is 1. The zero-order valence-electron chi connectivity index (χ0n) is 19.2. The number of carbonyl (C=O) groups excluding carboxylic acids is 1. The minimum Gasteiger partial charge on any atom is -0.325 e. The van der Waals surface area contributed by atoms with Gasteiger partial charge in [-0.25, -0.2) is 4.98 Å². The fourth-order valence-corrected chi connectivity index (χ4v) is 5.69. The Labute approximate surface area is 208 Å². The quantitative estimate of drug-likeness (QED) is 0.238. The molecule has 4 aromatic rings. The number of rotatable bonds is 6. The molecule has 0 saturated carbocycles. The van der Waals surface area contributed by atoms with Crippen LogP contribution in [0, 0.1) is 13.8 Å². The second-order valence-electron chi connectivity index (χ2n) is 7.93. The average Bonchev–Trinajstić information content (AvgIpc) is 3.14. The normalized spacial score (nSPS) is 11.7. The summed E-state index contributed by atoms with van der Waals surface area (Å²) in [6.07, 6.45) is -3.83. The third-order valence-corrected chi connectivity index (χ3v) is 7.75. The Hall–Kier alpha value is -3.11. The number of hydrogen-bond acceptors (Lipinski definition) is 5. The van der Waals surface area contributed by atoms with E-state index in [4.69, 9.17) is 0 Å². The molecule has 0 aliphatic rings. The molecule has 1 amide bonds. The number of anilines is 1. The Bertz CT molecular complexity index is 1460. The number of hydrogen-bond donors (Lipinski definition) is 1. The first-order chi connectivity index (χ1) is 16.6. The maximum atomic E-state index is 13.6. The summed E-state index contributed by atoms with van der Waals surface area (Å²) in [6.45, 7) is 5.84. The molecule has 0 atom stereocenters. The van der Waals surface area contributed by atoms with E-state index in [9.17, 15) is 22.8 Å². The molecule has 0 spiro atoms. The lowest BCUT2D eigenvalue weighted by Crippen LogP contribution is -2.23. The Morgan fingerprint density at radius 1 is 1.11 bits per heavy atom. The summed E-state index contributed by atoms with van der Waals surface area (Å²) in [7, 11) is 0. The second kappa shape index (κ2) is 9.87. The predicted octanol–water partition coefficient (Wildman–Crippen LogP) is 6.38. The van der Waals surface area contributed by atoms with E-state index < -0.39 is 17.6 Å². The smallest absolute Gasteiger partial charge is 0.325 e. The molecule has 0 unspecified atom stereocenters. The van der Waals surface area contributed by atoms with E-state index in [2.05, 4.69) is 10.3 Å². The molecule has 0 fully saturated rings. The van der Waals surface area contributed by atoms with Crippen LogP contribution in [0.2, 0.25) is 0 Å². The van der Waals surface area contributed by atoms with E-state index >= 15 is 0 Å². The SMILES string of the molecule is CCc1sc2nc(SCC(=O)Nc3ccccc3C(F)(F)F)n(-c3ccc(C)cc3)c(=O)c2c1C. The Morgan fingerprint density at radius 3 is 2.46 bits per heavy atom. The van der Waals surface area contributed by atoms with Crippen LogP contribution >= 0.6 is 23.1 Å². The molecule has 0 aliphatic carbocycles. The van der Waals surface area contributed by atoms with Crippen molar-refractivity contribution < 1.29 is 18.0 Å². The van der Waals surface area contributed by atoms with E-state index in [1.165, 1.54) is 34.1 Å². The van der Waals surface area contributed by atoms with Crippen LogP contribution < -0.4 is 10.9 Å². The van der Waals surface area contributed by atoms with Crippen LogP contribution in [0.5, 0.6) is 0 Å². The minimum absolute atomic E-state index is 0.221. The number of benzene rings is 2. The van der Waals surface area contributed by atoms with Crippen molar-refractivity contribution in [1.82, 2.24) is 9.55 Å². The van der Waals surface area contributed by atoms with Gasteiger partial charge in [0.2, 0.25) is 5.91 Å². The fraction of sp³-hybridized carbons (Fsp3) is 0.240. The maximum Gasteiger partial charge on any atom is 0.418 e. The number of para-hydroxylation sites is 1. The molecule has 5 nitrogen and oxygen atoms in total. The Kier molecular flexibility index (Phi) is 7.05. The van der Waals surface area contributed by atoms with Crippen molar-refractivity contribution in [2.45, 2.75) is 38.5 Å². The Balaban J connectivity index is 1.70. The van der Waals surface area contributed by atoms with Gasteiger partial charge < -0.3 is 5.32 Å². The summed E-state index contributed by atoms with van der Waals surface area (Å²) < 4.78 is 41.3. The molecule has 2 aromatic carbocycles. The van der Waals surface area contributed by atoms with Crippen LogP contribution in [0.25, 0.3) is 15.9 Å². The maximum absolute atomic E-state index is 13.6. The number of aromatic nitrogens is 2. The van der Waals surface area contributed by atoms with Gasteiger partial charge >= 0.3 is 6.18 Å². The second-order valence-corrected chi connectivity index (χ2v) is 9.96. The monoisotopic (exact) mass is 517 g/mol. The van der Waals surface area contributed by atoms with Crippen molar-refractivity contribution in [2.75, 3.05) is 11.1 Å². The lowest BCUT2D eigenvalue weighted by Gasteiger charge is -2.14. The van der Waals surface area contributed by atoms with E-state index in [0.717, 1.165) is 40.3 Å². The molecule has 0 bridgehead atoms. The van der Waals surface area contributed by atoms with Crippen LogP contribution in [-0.2, 0) is 17.4 Å². The number of aryl methyl sites for hydroxylation is 3. The van der Waals surface area contributed by atoms with Gasteiger partial charge in [0.15, 0.2) is 5.16 Å². The van der Waals surface area contributed by atoms with E-state index in [-0.39, 0.29) is 17.0 Å². The van der Waals surface area contributed by atoms with Gasteiger partial charge in [0.05, 0.1) is 28.1 Å². The number of thiophene rings is 1. The molecule has 2 heterocycles. The van der Waals surface area contributed by atoms with Gasteiger partial charge in [-0.2, -0.15) is 13.2 Å². The lowest BCUT2D eigenvalue weighted by atomic mass is 10.1. The summed E-state index contributed by atoms with van der Waals surface area (Å²) in [4.78, 5) is 32.5. The van der Waals surface area contributed by atoms with Gasteiger partial charge in [0.25, 0.3) is 5.56 Å². The third-order valence-electron chi connectivity index (χ3n) is 5.48. The largest absolute Gasteiger partial charge is 0.418 e. The van der Waals surface area contributed by atoms with Crippen LogP contribution in [0.3, 0.4) is 0 Å². The van der Waals surface area contributed by atoms with Crippen LogP contribution in [0.4, 0.5) is 18.9 Å². The predicted molar refractivity (Wildman–Crippen MR) is 135 cm³/mol. The lowest BCUT2D eigenvalue weighted by molar-refractivity contribution is -0.137. The van der Waals surface area contributed by atoms with Crippen LogP contribution in [0.15, 0.2) is 58.5 Å². The molecule has 2 aromatic heterocycles. The van der Waals surface area contributed by atoms with Crippen molar-refractivity contribution >= 4 is 44.9 Å². The van der Waals surface area contributed by atoms with E-state index in [1.807, 2.05) is 32.9 Å². The number of carbonyl (C=O) groups is 1. The zero-order chi connectivity index (χ0) is 25.3. The molecule has 182 valence electrons. The fourth-order valence-electron chi connectivity index (χ4n) is 3.72. The van der Waals surface area contributed by atoms with Gasteiger partial charge in [-0.1, -0.05) is 48.5 Å².